The summed E-state index contributed by atoms with van der Waals surface area (Å²) in [6.07, 6.45) is 3.64. The predicted octanol–water partition coefficient (Wildman–Crippen LogP) is 3.76. The van der Waals surface area contributed by atoms with Gasteiger partial charge in [-0.25, -0.2) is 4.98 Å². The minimum Gasteiger partial charge on any atom is -0.507 e. The molecular formula is C17H13BrN4O. The van der Waals surface area contributed by atoms with Crippen LogP contribution in [0.15, 0.2) is 53.0 Å². The highest BCUT2D eigenvalue weighted by Crippen LogP contribution is 2.26. The molecule has 0 aliphatic rings. The molecule has 114 valence electrons. The van der Waals surface area contributed by atoms with Gasteiger partial charge in [-0.1, -0.05) is 46.3 Å². The van der Waals surface area contributed by atoms with Gasteiger partial charge >= 0.3 is 0 Å². The highest BCUT2D eigenvalue weighted by molar-refractivity contribution is 9.10. The quantitative estimate of drug-likeness (QED) is 0.734. The number of aromatic hydroxyl groups is 1. The summed E-state index contributed by atoms with van der Waals surface area (Å²) in [5, 5.41) is 9.92. The maximum atomic E-state index is 9.92. The number of hydrogen-bond acceptors (Lipinski definition) is 5. The minimum absolute atomic E-state index is 0.0981. The molecule has 2 aromatic carbocycles. The van der Waals surface area contributed by atoms with Crippen LogP contribution in [0, 0.1) is 0 Å². The summed E-state index contributed by atoms with van der Waals surface area (Å²) in [4.78, 5) is 12.5. The van der Waals surface area contributed by atoms with E-state index < -0.39 is 0 Å². The molecule has 3 rings (SSSR count). The lowest BCUT2D eigenvalue weighted by Crippen LogP contribution is -2.02. The molecule has 3 N–H and O–H groups in total. The van der Waals surface area contributed by atoms with Gasteiger partial charge in [0.05, 0.1) is 5.56 Å². The van der Waals surface area contributed by atoms with Crippen molar-refractivity contribution in [1.82, 2.24) is 15.0 Å². The molecule has 0 fully saturated rings. The predicted molar refractivity (Wildman–Crippen MR) is 94.4 cm³/mol. The van der Waals surface area contributed by atoms with Crippen LogP contribution in [0.5, 0.6) is 5.75 Å². The number of nitrogens with zero attached hydrogens (tertiary/aromatic N) is 3. The number of nitrogens with two attached hydrogens (primary N) is 1. The average Bonchev–Trinajstić information content (AvgIpc) is 2.54. The van der Waals surface area contributed by atoms with E-state index >= 15 is 0 Å². The molecule has 0 unspecified atom stereocenters. The van der Waals surface area contributed by atoms with E-state index in [1.807, 2.05) is 30.3 Å². The zero-order valence-corrected chi connectivity index (χ0v) is 13.6. The SMILES string of the molecule is Nc1nc(C=Cc2ccc(Br)cc2)nc(-c2ccccc2O)n1. The Morgan fingerprint density at radius 3 is 2.39 bits per heavy atom. The third-order valence-electron chi connectivity index (χ3n) is 3.11. The average molecular weight is 369 g/mol. The second-order valence-electron chi connectivity index (χ2n) is 4.78. The van der Waals surface area contributed by atoms with Gasteiger partial charge in [-0.15, -0.1) is 0 Å². The molecule has 5 nitrogen and oxygen atoms in total. The van der Waals surface area contributed by atoms with Gasteiger partial charge < -0.3 is 10.8 Å². The monoisotopic (exact) mass is 368 g/mol. The van der Waals surface area contributed by atoms with E-state index in [9.17, 15) is 5.11 Å². The first-order chi connectivity index (χ1) is 11.1. The number of aromatic nitrogens is 3. The molecule has 1 aromatic heterocycles. The Labute approximate surface area is 141 Å². The molecule has 0 bridgehead atoms. The first kappa shape index (κ1) is 15.2. The van der Waals surface area contributed by atoms with Crippen LogP contribution in [0.25, 0.3) is 23.5 Å². The number of para-hydroxylation sites is 1. The molecule has 0 radical (unpaired) electrons. The van der Waals surface area contributed by atoms with Crippen LogP contribution in [-0.4, -0.2) is 20.1 Å². The summed E-state index contributed by atoms with van der Waals surface area (Å²) < 4.78 is 1.01. The minimum atomic E-state index is 0.0981. The fraction of sp³-hybridized carbons (Fsp3) is 0. The number of hydrogen-bond donors (Lipinski definition) is 2. The van der Waals surface area contributed by atoms with Gasteiger partial charge in [0.15, 0.2) is 11.6 Å². The summed E-state index contributed by atoms with van der Waals surface area (Å²) >= 11 is 3.40. The summed E-state index contributed by atoms with van der Waals surface area (Å²) in [7, 11) is 0. The number of phenolic OH excluding ortho intramolecular Hbond substituents is 1. The number of benzene rings is 2. The molecule has 0 aliphatic carbocycles. The highest BCUT2D eigenvalue weighted by Gasteiger charge is 2.09. The van der Waals surface area contributed by atoms with Crippen molar-refractivity contribution in [3.05, 3.63) is 64.4 Å². The number of rotatable bonds is 3. The summed E-state index contributed by atoms with van der Waals surface area (Å²) in [5.74, 6) is 0.972. The van der Waals surface area contributed by atoms with Gasteiger partial charge in [-0.3, -0.25) is 0 Å². The number of halogens is 1. The fourth-order valence-corrected chi connectivity index (χ4v) is 2.28. The van der Waals surface area contributed by atoms with Crippen LogP contribution in [0.3, 0.4) is 0 Å². The topological polar surface area (TPSA) is 84.9 Å². The molecule has 0 saturated heterocycles. The molecule has 0 saturated carbocycles. The van der Waals surface area contributed by atoms with E-state index in [-0.39, 0.29) is 11.7 Å². The highest BCUT2D eigenvalue weighted by atomic mass is 79.9. The normalized spacial score (nSPS) is 11.0. The van der Waals surface area contributed by atoms with Gasteiger partial charge in [0.1, 0.15) is 5.75 Å². The smallest absolute Gasteiger partial charge is 0.224 e. The standard InChI is InChI=1S/C17H13BrN4O/c18-12-8-5-11(6-9-12)7-10-15-20-16(22-17(19)21-15)13-3-1-2-4-14(13)23/h1-10,23H,(H2,19,20,21,22). The lowest BCUT2D eigenvalue weighted by atomic mass is 10.2. The lowest BCUT2D eigenvalue weighted by molar-refractivity contribution is 0.477. The molecule has 3 aromatic rings. The second kappa shape index (κ2) is 6.58. The van der Waals surface area contributed by atoms with Crippen molar-refractivity contribution in [3.8, 4) is 17.1 Å². The fourth-order valence-electron chi connectivity index (χ4n) is 2.01. The largest absolute Gasteiger partial charge is 0.507 e. The number of phenols is 1. The molecule has 0 atom stereocenters. The summed E-state index contributed by atoms with van der Waals surface area (Å²) in [6.45, 7) is 0. The van der Waals surface area contributed by atoms with E-state index in [0.29, 0.717) is 17.2 Å². The van der Waals surface area contributed by atoms with E-state index in [0.717, 1.165) is 10.0 Å². The van der Waals surface area contributed by atoms with Gasteiger partial charge in [0.25, 0.3) is 0 Å². The van der Waals surface area contributed by atoms with E-state index in [1.165, 1.54) is 0 Å². The Morgan fingerprint density at radius 1 is 0.913 bits per heavy atom. The van der Waals surface area contributed by atoms with Gasteiger partial charge in [0, 0.05) is 4.47 Å². The van der Waals surface area contributed by atoms with E-state index in [1.54, 1.807) is 30.3 Å². The molecule has 0 aliphatic heterocycles. The van der Waals surface area contributed by atoms with Crippen LogP contribution in [-0.2, 0) is 0 Å². The van der Waals surface area contributed by atoms with Gasteiger partial charge in [-0.2, -0.15) is 9.97 Å². The van der Waals surface area contributed by atoms with Crippen molar-refractivity contribution < 1.29 is 5.11 Å². The van der Waals surface area contributed by atoms with Crippen molar-refractivity contribution in [1.29, 1.82) is 0 Å². The molecule has 0 spiro atoms. The van der Waals surface area contributed by atoms with Crippen molar-refractivity contribution >= 4 is 34.0 Å². The van der Waals surface area contributed by atoms with E-state index in [4.69, 9.17) is 5.73 Å². The van der Waals surface area contributed by atoms with Crippen LogP contribution in [0.4, 0.5) is 5.95 Å². The zero-order valence-electron chi connectivity index (χ0n) is 12.0. The lowest BCUT2D eigenvalue weighted by Gasteiger charge is -2.04. The van der Waals surface area contributed by atoms with Crippen molar-refractivity contribution in [2.45, 2.75) is 0 Å². The maximum Gasteiger partial charge on any atom is 0.224 e. The summed E-state index contributed by atoms with van der Waals surface area (Å²) in [5.41, 5.74) is 7.28. The zero-order chi connectivity index (χ0) is 16.2. The molecule has 0 amide bonds. The van der Waals surface area contributed by atoms with Crippen molar-refractivity contribution in [3.63, 3.8) is 0 Å². The first-order valence-electron chi connectivity index (χ1n) is 6.85. The van der Waals surface area contributed by atoms with Crippen LogP contribution < -0.4 is 5.73 Å². The Bertz CT molecular complexity index is 863. The third kappa shape index (κ3) is 3.73. The Kier molecular flexibility index (Phi) is 4.34. The van der Waals surface area contributed by atoms with Gasteiger partial charge in [0.2, 0.25) is 5.95 Å². The molecule has 23 heavy (non-hydrogen) atoms. The Balaban J connectivity index is 1.95. The number of anilines is 1. The molecule has 1 heterocycles. The Hall–Kier alpha value is -2.73. The van der Waals surface area contributed by atoms with Crippen LogP contribution in [0.2, 0.25) is 0 Å². The third-order valence-corrected chi connectivity index (χ3v) is 3.64. The van der Waals surface area contributed by atoms with Crippen LogP contribution >= 0.6 is 15.9 Å². The van der Waals surface area contributed by atoms with Crippen molar-refractivity contribution in [2.75, 3.05) is 5.73 Å². The van der Waals surface area contributed by atoms with E-state index in [2.05, 4.69) is 30.9 Å². The van der Waals surface area contributed by atoms with Gasteiger partial charge in [-0.05, 0) is 35.9 Å². The molecular weight excluding hydrogens is 356 g/mol. The Morgan fingerprint density at radius 2 is 1.65 bits per heavy atom. The van der Waals surface area contributed by atoms with Crippen molar-refractivity contribution in [2.24, 2.45) is 0 Å². The van der Waals surface area contributed by atoms with Crippen LogP contribution in [0.1, 0.15) is 11.4 Å². The summed E-state index contributed by atoms with van der Waals surface area (Å²) in [6, 6.07) is 14.7. The first-order valence-corrected chi connectivity index (χ1v) is 7.65. The number of nitrogen functional groups attached to an aromatic ring is 1. The molecule has 6 heteroatoms. The maximum absolute atomic E-state index is 9.92. The second-order valence-corrected chi connectivity index (χ2v) is 5.69.